The lowest BCUT2D eigenvalue weighted by molar-refractivity contribution is 0.403. The van der Waals surface area contributed by atoms with Gasteiger partial charge in [0.15, 0.2) is 0 Å². The zero-order chi connectivity index (χ0) is 5.82. The van der Waals surface area contributed by atoms with Gasteiger partial charge in [-0.2, -0.15) is 0 Å². The van der Waals surface area contributed by atoms with Crippen molar-refractivity contribution in [2.75, 3.05) is 0 Å². The van der Waals surface area contributed by atoms with Crippen molar-refractivity contribution in [2.45, 2.75) is 12.8 Å². The fourth-order valence-electron chi connectivity index (χ4n) is 0.442. The maximum atomic E-state index is 7.00. The molecule has 0 radical (unpaired) electrons. The number of hydrogen-bond donors (Lipinski definition) is 0. The lowest BCUT2D eigenvalue weighted by atomic mass is 10.3. The molecule has 0 atom stereocenters. The van der Waals surface area contributed by atoms with Gasteiger partial charge in [0.2, 0.25) is 0 Å². The van der Waals surface area contributed by atoms with Crippen molar-refractivity contribution < 1.29 is 6.11 Å². The minimum Gasteiger partial charge on any atom is -0.473 e. The molecule has 0 N–H and O–H groups in total. The molecule has 0 aromatic carbocycles. The highest BCUT2D eigenvalue weighted by Crippen LogP contribution is 1.97. The van der Waals surface area contributed by atoms with Crippen LogP contribution in [-0.2, 0) is 4.74 Å². The van der Waals surface area contributed by atoms with E-state index in [0.717, 1.165) is 12.8 Å². The molecule has 0 aliphatic carbocycles. The molecule has 0 spiro atoms. The SMILES string of the molecule is [2H]C1=CCCC=CO1. The molecule has 1 aliphatic rings. The molecule has 38 valence electrons. The van der Waals surface area contributed by atoms with E-state index < -0.39 is 0 Å². The van der Waals surface area contributed by atoms with Crippen molar-refractivity contribution in [2.24, 2.45) is 0 Å². The van der Waals surface area contributed by atoms with E-state index in [9.17, 15) is 0 Å². The molecule has 1 aliphatic heterocycles. The zero-order valence-electron chi connectivity index (χ0n) is 5.05. The summed E-state index contributed by atoms with van der Waals surface area (Å²) in [6.07, 6.45) is 7.42. The number of rotatable bonds is 0. The quantitative estimate of drug-likeness (QED) is 0.448. The first-order valence-corrected chi connectivity index (χ1v) is 2.38. The monoisotopic (exact) mass is 97.1 g/mol. The minimum atomic E-state index is 0.263. The zero-order valence-corrected chi connectivity index (χ0v) is 4.05. The second kappa shape index (κ2) is 2.45. The van der Waals surface area contributed by atoms with Gasteiger partial charge in [0.05, 0.1) is 12.5 Å². The van der Waals surface area contributed by atoms with E-state index >= 15 is 0 Å². The van der Waals surface area contributed by atoms with E-state index in [4.69, 9.17) is 6.11 Å². The van der Waals surface area contributed by atoms with Gasteiger partial charge in [-0.25, -0.2) is 0 Å². The van der Waals surface area contributed by atoms with Gasteiger partial charge in [-0.05, 0) is 25.0 Å². The van der Waals surface area contributed by atoms with Crippen LogP contribution in [0.15, 0.2) is 24.7 Å². The molecule has 1 nitrogen and oxygen atoms in total. The van der Waals surface area contributed by atoms with Crippen LogP contribution in [0.1, 0.15) is 14.2 Å². The lowest BCUT2D eigenvalue weighted by Gasteiger charge is -1.79. The summed E-state index contributed by atoms with van der Waals surface area (Å²) < 4.78 is 11.7. The fourth-order valence-corrected chi connectivity index (χ4v) is 0.442. The number of ether oxygens (including phenoxy) is 1. The Hall–Kier alpha value is -0.720. The third-order valence-corrected chi connectivity index (χ3v) is 0.793. The Balaban J connectivity index is 2.51. The minimum absolute atomic E-state index is 0.263. The molecule has 0 saturated heterocycles. The third kappa shape index (κ3) is 1.44. The summed E-state index contributed by atoms with van der Waals surface area (Å²) in [7, 11) is 0. The molecule has 7 heavy (non-hydrogen) atoms. The van der Waals surface area contributed by atoms with Gasteiger partial charge in [-0.3, -0.25) is 0 Å². The van der Waals surface area contributed by atoms with Gasteiger partial charge >= 0.3 is 0 Å². The average Bonchev–Trinajstić information content (AvgIpc) is 1.94. The lowest BCUT2D eigenvalue weighted by Crippen LogP contribution is -1.56. The molecule has 0 aromatic heterocycles. The van der Waals surface area contributed by atoms with Crippen molar-refractivity contribution in [1.82, 2.24) is 0 Å². The van der Waals surface area contributed by atoms with E-state index in [0.29, 0.717) is 0 Å². The molecule has 0 amide bonds. The van der Waals surface area contributed by atoms with Gasteiger partial charge < -0.3 is 4.74 Å². The van der Waals surface area contributed by atoms with Gasteiger partial charge in [0.25, 0.3) is 0 Å². The van der Waals surface area contributed by atoms with Crippen LogP contribution in [0.25, 0.3) is 0 Å². The smallest absolute Gasteiger partial charge is 0.104 e. The Morgan fingerprint density at radius 2 is 2.29 bits per heavy atom. The van der Waals surface area contributed by atoms with Crippen LogP contribution in [0.3, 0.4) is 0 Å². The van der Waals surface area contributed by atoms with Crippen LogP contribution >= 0.6 is 0 Å². The molecule has 1 heterocycles. The second-order valence-corrected chi connectivity index (χ2v) is 1.39. The standard InChI is InChI=1S/C6H8O/c1-2-4-6-7-5-3-1/h3-6H,1-2H2/i5D. The topological polar surface area (TPSA) is 9.23 Å². The Bertz CT molecular complexity index is 126. The molecule has 0 aromatic rings. The summed E-state index contributed by atoms with van der Waals surface area (Å²) in [6.45, 7) is 0. The first-order valence-electron chi connectivity index (χ1n) is 2.88. The van der Waals surface area contributed by atoms with Gasteiger partial charge in [-0.15, -0.1) is 0 Å². The summed E-state index contributed by atoms with van der Waals surface area (Å²) in [5.74, 6) is 0. The predicted molar refractivity (Wildman–Crippen MR) is 28.6 cm³/mol. The molecule has 0 bridgehead atoms. The first kappa shape index (κ1) is 3.30. The highest BCUT2D eigenvalue weighted by atomic mass is 16.5. The molecular weight excluding hydrogens is 88.1 g/mol. The van der Waals surface area contributed by atoms with Crippen LogP contribution < -0.4 is 0 Å². The summed E-state index contributed by atoms with van der Waals surface area (Å²) >= 11 is 0. The van der Waals surface area contributed by atoms with Gasteiger partial charge in [-0.1, -0.05) is 0 Å². The maximum Gasteiger partial charge on any atom is 0.104 e. The predicted octanol–water partition coefficient (Wildman–Crippen LogP) is 1.82. The van der Waals surface area contributed by atoms with E-state index in [-0.39, 0.29) is 6.24 Å². The molecule has 0 unspecified atom stereocenters. The maximum absolute atomic E-state index is 7.00. The van der Waals surface area contributed by atoms with E-state index in [1.165, 1.54) is 0 Å². The molecule has 0 fully saturated rings. The Morgan fingerprint density at radius 3 is 3.29 bits per heavy atom. The van der Waals surface area contributed by atoms with E-state index in [1.807, 2.05) is 6.08 Å². The van der Waals surface area contributed by atoms with Crippen molar-refractivity contribution >= 4 is 0 Å². The van der Waals surface area contributed by atoms with Gasteiger partial charge in [0.1, 0.15) is 1.37 Å². The van der Waals surface area contributed by atoms with E-state index in [2.05, 4.69) is 0 Å². The highest BCUT2D eigenvalue weighted by molar-refractivity contribution is 4.86. The van der Waals surface area contributed by atoms with Crippen LogP contribution in [0.2, 0.25) is 0 Å². The largest absolute Gasteiger partial charge is 0.473 e. The summed E-state index contributed by atoms with van der Waals surface area (Å²) in [6, 6.07) is 0. The Labute approximate surface area is 44.7 Å². The Kier molecular flexibility index (Phi) is 1.16. The third-order valence-electron chi connectivity index (χ3n) is 0.793. The molecular formula is C6H8O. The summed E-state index contributed by atoms with van der Waals surface area (Å²) in [5.41, 5.74) is 0. The molecule has 0 saturated carbocycles. The second-order valence-electron chi connectivity index (χ2n) is 1.39. The molecule has 1 heteroatoms. The highest BCUT2D eigenvalue weighted by Gasteiger charge is 1.79. The molecule has 1 rings (SSSR count). The van der Waals surface area contributed by atoms with Crippen molar-refractivity contribution in [3.05, 3.63) is 24.7 Å². The van der Waals surface area contributed by atoms with Crippen molar-refractivity contribution in [1.29, 1.82) is 0 Å². The summed E-state index contributed by atoms with van der Waals surface area (Å²) in [4.78, 5) is 0. The van der Waals surface area contributed by atoms with Crippen LogP contribution in [0, 0.1) is 0 Å². The van der Waals surface area contributed by atoms with Gasteiger partial charge in [0, 0.05) is 0 Å². The van der Waals surface area contributed by atoms with E-state index in [1.54, 1.807) is 12.3 Å². The van der Waals surface area contributed by atoms with Crippen LogP contribution in [-0.4, -0.2) is 0 Å². The summed E-state index contributed by atoms with van der Waals surface area (Å²) in [5, 5.41) is 0. The van der Waals surface area contributed by atoms with Crippen molar-refractivity contribution in [3.8, 4) is 0 Å². The fraction of sp³-hybridized carbons (Fsp3) is 0.333. The Morgan fingerprint density at radius 1 is 1.43 bits per heavy atom. The first-order chi connectivity index (χ1) is 3.89. The average molecular weight is 97.1 g/mol. The normalized spacial score (nSPS) is 21.7. The van der Waals surface area contributed by atoms with Crippen LogP contribution in [0.5, 0.6) is 0 Å². The number of allylic oxidation sites excluding steroid dienone is 2. The van der Waals surface area contributed by atoms with Crippen molar-refractivity contribution in [3.63, 3.8) is 0 Å². The number of hydrogen-bond acceptors (Lipinski definition) is 1. The van der Waals surface area contributed by atoms with Crippen LogP contribution in [0.4, 0.5) is 0 Å².